The molecule has 0 aromatic rings. The van der Waals surface area contributed by atoms with E-state index in [1.54, 1.807) is 0 Å². The molecule has 13 heavy (non-hydrogen) atoms. The molecule has 0 aliphatic rings. The Balaban J connectivity index is 3.55. The molecule has 2 unspecified atom stereocenters. The first-order valence-corrected chi connectivity index (χ1v) is 5.63. The number of rotatable bonds is 6. The molecule has 0 fully saturated rings. The van der Waals surface area contributed by atoms with Gasteiger partial charge in [-0.1, -0.05) is 47.5 Å². The summed E-state index contributed by atoms with van der Waals surface area (Å²) in [5.41, 5.74) is 0. The van der Waals surface area contributed by atoms with Crippen LogP contribution in [0.3, 0.4) is 0 Å². The summed E-state index contributed by atoms with van der Waals surface area (Å²) in [6, 6.07) is 0. The maximum absolute atomic E-state index is 9.76. The van der Waals surface area contributed by atoms with Gasteiger partial charge in [-0.05, 0) is 24.2 Å². The molecular weight excluding hydrogens is 160 g/mol. The molecule has 1 heteroatoms. The molecule has 1 N–H and O–H groups in total. The van der Waals surface area contributed by atoms with Crippen LogP contribution in [-0.2, 0) is 0 Å². The minimum Gasteiger partial charge on any atom is -0.393 e. The largest absolute Gasteiger partial charge is 0.393 e. The van der Waals surface area contributed by atoms with Gasteiger partial charge < -0.3 is 5.11 Å². The van der Waals surface area contributed by atoms with Gasteiger partial charge in [0.2, 0.25) is 0 Å². The Kier molecular flexibility index (Phi) is 6.40. The van der Waals surface area contributed by atoms with Crippen molar-refractivity contribution in [3.63, 3.8) is 0 Å². The lowest BCUT2D eigenvalue weighted by atomic mass is 9.90. The van der Waals surface area contributed by atoms with Crippen molar-refractivity contribution in [2.24, 2.45) is 17.8 Å². The van der Waals surface area contributed by atoms with Crippen LogP contribution in [0.2, 0.25) is 0 Å². The van der Waals surface area contributed by atoms with Crippen LogP contribution in [0.1, 0.15) is 53.9 Å². The minimum atomic E-state index is -0.118. The van der Waals surface area contributed by atoms with Gasteiger partial charge in [0.1, 0.15) is 0 Å². The molecule has 2 atom stereocenters. The molecule has 0 spiro atoms. The van der Waals surface area contributed by atoms with E-state index < -0.39 is 0 Å². The van der Waals surface area contributed by atoms with Crippen molar-refractivity contribution in [3.8, 4) is 0 Å². The lowest BCUT2D eigenvalue weighted by molar-refractivity contribution is 0.0669. The van der Waals surface area contributed by atoms with E-state index in [9.17, 15) is 5.11 Å². The predicted octanol–water partition coefficient (Wildman–Crippen LogP) is 3.47. The van der Waals surface area contributed by atoms with Crippen LogP contribution in [0.15, 0.2) is 0 Å². The molecule has 0 saturated heterocycles. The molecule has 0 aliphatic heterocycles. The molecule has 0 bridgehead atoms. The molecule has 0 saturated carbocycles. The third-order valence-electron chi connectivity index (χ3n) is 2.71. The van der Waals surface area contributed by atoms with Gasteiger partial charge in [-0.2, -0.15) is 0 Å². The number of aliphatic hydroxyl groups excluding tert-OH is 1. The second-order valence-electron chi connectivity index (χ2n) is 5.04. The van der Waals surface area contributed by atoms with E-state index in [1.807, 2.05) is 0 Å². The van der Waals surface area contributed by atoms with E-state index >= 15 is 0 Å². The third kappa shape index (κ3) is 6.09. The average molecular weight is 186 g/mol. The summed E-state index contributed by atoms with van der Waals surface area (Å²) in [6.07, 6.45) is 3.59. The molecule has 0 aromatic heterocycles. The number of aliphatic hydroxyl groups is 1. The molecule has 80 valence electrons. The Morgan fingerprint density at radius 3 is 1.85 bits per heavy atom. The lowest BCUT2D eigenvalue weighted by Gasteiger charge is -2.22. The van der Waals surface area contributed by atoms with Crippen molar-refractivity contribution in [3.05, 3.63) is 0 Å². The zero-order valence-corrected chi connectivity index (χ0v) is 9.88. The van der Waals surface area contributed by atoms with Crippen LogP contribution in [0.5, 0.6) is 0 Å². The summed E-state index contributed by atoms with van der Waals surface area (Å²) in [4.78, 5) is 0. The van der Waals surface area contributed by atoms with Gasteiger partial charge in [-0.3, -0.25) is 0 Å². The maximum Gasteiger partial charge on any atom is 0.0588 e. The standard InChI is InChI=1S/C12H26O/c1-9(2)7-6-8-11(5)12(13)10(3)4/h9-13H,6-8H2,1-5H3. The zero-order valence-electron chi connectivity index (χ0n) is 9.88. The highest BCUT2D eigenvalue weighted by Crippen LogP contribution is 2.19. The van der Waals surface area contributed by atoms with Crippen LogP contribution < -0.4 is 0 Å². The fourth-order valence-electron chi connectivity index (χ4n) is 1.68. The van der Waals surface area contributed by atoms with Crippen molar-refractivity contribution in [1.82, 2.24) is 0 Å². The molecule has 0 aliphatic carbocycles. The quantitative estimate of drug-likeness (QED) is 0.673. The van der Waals surface area contributed by atoms with Gasteiger partial charge in [-0.15, -0.1) is 0 Å². The molecular formula is C12H26O. The lowest BCUT2D eigenvalue weighted by Crippen LogP contribution is -2.23. The predicted molar refractivity (Wildman–Crippen MR) is 58.7 cm³/mol. The van der Waals surface area contributed by atoms with Crippen LogP contribution in [0, 0.1) is 17.8 Å². The highest BCUT2D eigenvalue weighted by Gasteiger charge is 2.17. The molecule has 0 radical (unpaired) electrons. The summed E-state index contributed by atoms with van der Waals surface area (Å²) in [5.74, 6) is 1.65. The normalized spacial score (nSPS) is 16.6. The van der Waals surface area contributed by atoms with Crippen molar-refractivity contribution < 1.29 is 5.11 Å². The van der Waals surface area contributed by atoms with Crippen LogP contribution in [-0.4, -0.2) is 11.2 Å². The van der Waals surface area contributed by atoms with E-state index in [0.29, 0.717) is 11.8 Å². The smallest absolute Gasteiger partial charge is 0.0588 e. The highest BCUT2D eigenvalue weighted by molar-refractivity contribution is 4.67. The van der Waals surface area contributed by atoms with Crippen LogP contribution >= 0.6 is 0 Å². The van der Waals surface area contributed by atoms with Crippen molar-refractivity contribution in [2.75, 3.05) is 0 Å². The third-order valence-corrected chi connectivity index (χ3v) is 2.71. The first-order valence-electron chi connectivity index (χ1n) is 5.63. The molecule has 0 heterocycles. The van der Waals surface area contributed by atoms with Gasteiger partial charge in [0.25, 0.3) is 0 Å². The number of hydrogen-bond acceptors (Lipinski definition) is 1. The maximum atomic E-state index is 9.76. The molecule has 0 rings (SSSR count). The first-order chi connectivity index (χ1) is 5.95. The van der Waals surface area contributed by atoms with Crippen LogP contribution in [0.4, 0.5) is 0 Å². The summed E-state index contributed by atoms with van der Waals surface area (Å²) >= 11 is 0. The highest BCUT2D eigenvalue weighted by atomic mass is 16.3. The van der Waals surface area contributed by atoms with Crippen molar-refractivity contribution >= 4 is 0 Å². The second-order valence-corrected chi connectivity index (χ2v) is 5.04. The fraction of sp³-hybridized carbons (Fsp3) is 1.00. The fourth-order valence-corrected chi connectivity index (χ4v) is 1.68. The van der Waals surface area contributed by atoms with Gasteiger partial charge in [0.15, 0.2) is 0 Å². The Hall–Kier alpha value is -0.0400. The molecule has 0 amide bonds. The number of hydrogen-bond donors (Lipinski definition) is 1. The van der Waals surface area contributed by atoms with Gasteiger partial charge in [0.05, 0.1) is 6.10 Å². The van der Waals surface area contributed by atoms with Crippen LogP contribution in [0.25, 0.3) is 0 Å². The Labute approximate surface area is 83.5 Å². The zero-order chi connectivity index (χ0) is 10.4. The molecule has 1 nitrogen and oxygen atoms in total. The Bertz CT molecular complexity index is 118. The Morgan fingerprint density at radius 2 is 1.46 bits per heavy atom. The van der Waals surface area contributed by atoms with E-state index in [-0.39, 0.29) is 6.10 Å². The van der Waals surface area contributed by atoms with Gasteiger partial charge in [0, 0.05) is 0 Å². The van der Waals surface area contributed by atoms with E-state index in [0.717, 1.165) is 12.3 Å². The van der Waals surface area contributed by atoms with E-state index in [1.165, 1.54) is 12.8 Å². The van der Waals surface area contributed by atoms with Gasteiger partial charge in [-0.25, -0.2) is 0 Å². The first kappa shape index (κ1) is 13.0. The molecule has 0 aromatic carbocycles. The summed E-state index contributed by atoms with van der Waals surface area (Å²) in [6.45, 7) is 10.8. The van der Waals surface area contributed by atoms with Crippen molar-refractivity contribution in [1.29, 1.82) is 0 Å². The second kappa shape index (κ2) is 6.42. The minimum absolute atomic E-state index is 0.118. The monoisotopic (exact) mass is 186 g/mol. The average Bonchev–Trinajstić information content (AvgIpc) is 2.02. The summed E-state index contributed by atoms with van der Waals surface area (Å²) in [7, 11) is 0. The van der Waals surface area contributed by atoms with E-state index in [2.05, 4.69) is 34.6 Å². The van der Waals surface area contributed by atoms with Gasteiger partial charge >= 0.3 is 0 Å². The topological polar surface area (TPSA) is 20.2 Å². The SMILES string of the molecule is CC(C)CCCC(C)C(O)C(C)C. The Morgan fingerprint density at radius 1 is 0.923 bits per heavy atom. The van der Waals surface area contributed by atoms with Crippen molar-refractivity contribution in [2.45, 2.75) is 60.0 Å². The summed E-state index contributed by atoms with van der Waals surface area (Å²) < 4.78 is 0. The summed E-state index contributed by atoms with van der Waals surface area (Å²) in [5, 5.41) is 9.76. The van der Waals surface area contributed by atoms with E-state index in [4.69, 9.17) is 0 Å².